The quantitative estimate of drug-likeness (QED) is 0.651. The first kappa shape index (κ1) is 7.78. The van der Waals surface area contributed by atoms with Gasteiger partial charge in [0.2, 0.25) is 0 Å². The lowest BCUT2D eigenvalue weighted by Gasteiger charge is -2.22. The van der Waals surface area contributed by atoms with Crippen LogP contribution in [0.2, 0.25) is 0 Å². The van der Waals surface area contributed by atoms with Crippen LogP contribution < -0.4 is 5.73 Å². The predicted octanol–water partition coefficient (Wildman–Crippen LogP) is 1.31. The summed E-state index contributed by atoms with van der Waals surface area (Å²) in [6, 6.07) is 4.41. The Balaban J connectivity index is 2.30. The second-order valence-electron chi connectivity index (χ2n) is 3.18. The van der Waals surface area contributed by atoms with Crippen LogP contribution in [0.1, 0.15) is 10.4 Å². The van der Waals surface area contributed by atoms with Crippen molar-refractivity contribution in [3.05, 3.63) is 21.9 Å². The van der Waals surface area contributed by atoms with Crippen LogP contribution in [0.5, 0.6) is 0 Å². The minimum atomic E-state index is 0.0205. The van der Waals surface area contributed by atoms with Gasteiger partial charge in [0.05, 0.1) is 12.0 Å². The molecule has 2 atom stereocenters. The fourth-order valence-corrected chi connectivity index (χ4v) is 2.60. The third-order valence-electron chi connectivity index (χ3n) is 2.38. The van der Waals surface area contributed by atoms with Gasteiger partial charge in [0, 0.05) is 10.9 Å². The molecule has 0 saturated carbocycles. The van der Waals surface area contributed by atoms with E-state index < -0.39 is 0 Å². The van der Waals surface area contributed by atoms with Crippen molar-refractivity contribution in [3.63, 3.8) is 0 Å². The fourth-order valence-electron chi connectivity index (χ4n) is 1.61. The monoisotopic (exact) mass is 178 g/mol. The molecule has 12 heavy (non-hydrogen) atoms. The first-order valence-corrected chi connectivity index (χ1v) is 4.89. The van der Waals surface area contributed by atoms with Crippen LogP contribution in [0, 0.1) is 17.2 Å². The van der Waals surface area contributed by atoms with Gasteiger partial charge in [-0.1, -0.05) is 0 Å². The second-order valence-corrected chi connectivity index (χ2v) is 4.18. The van der Waals surface area contributed by atoms with E-state index >= 15 is 0 Å². The lowest BCUT2D eigenvalue weighted by atomic mass is 9.86. The Kier molecular flexibility index (Phi) is 1.87. The number of fused-ring (bicyclic) bond motifs is 1. The van der Waals surface area contributed by atoms with Crippen molar-refractivity contribution in [1.82, 2.24) is 0 Å². The van der Waals surface area contributed by atoms with Gasteiger partial charge in [-0.05, 0) is 29.9 Å². The lowest BCUT2D eigenvalue weighted by molar-refractivity contribution is 0.483. The average molecular weight is 178 g/mol. The zero-order valence-corrected chi connectivity index (χ0v) is 7.47. The zero-order valence-electron chi connectivity index (χ0n) is 6.66. The standard InChI is InChI=1S/C9H10N2S/c10-5-7-3-6-1-2-12-9(6)4-8(7)11/h1-2,7-8H,3-4,11H2. The van der Waals surface area contributed by atoms with Gasteiger partial charge in [0.15, 0.2) is 0 Å². The van der Waals surface area contributed by atoms with Gasteiger partial charge >= 0.3 is 0 Å². The maximum atomic E-state index is 8.80. The molecule has 2 unspecified atom stereocenters. The molecule has 1 aliphatic rings. The van der Waals surface area contributed by atoms with Crippen molar-refractivity contribution in [2.45, 2.75) is 18.9 Å². The highest BCUT2D eigenvalue weighted by molar-refractivity contribution is 7.10. The summed E-state index contributed by atoms with van der Waals surface area (Å²) in [5.41, 5.74) is 7.17. The number of thiophene rings is 1. The minimum Gasteiger partial charge on any atom is -0.326 e. The second kappa shape index (κ2) is 2.89. The van der Waals surface area contributed by atoms with Crippen LogP contribution in [0.25, 0.3) is 0 Å². The van der Waals surface area contributed by atoms with Crippen LogP contribution in [0.15, 0.2) is 11.4 Å². The third-order valence-corrected chi connectivity index (χ3v) is 3.37. The van der Waals surface area contributed by atoms with Gasteiger partial charge in [-0.25, -0.2) is 0 Å². The first-order valence-electron chi connectivity index (χ1n) is 4.01. The fraction of sp³-hybridized carbons (Fsp3) is 0.444. The SMILES string of the molecule is N#CC1Cc2ccsc2CC1N. The predicted molar refractivity (Wildman–Crippen MR) is 48.8 cm³/mol. The summed E-state index contributed by atoms with van der Waals surface area (Å²) in [5, 5.41) is 10.9. The smallest absolute Gasteiger partial charge is 0.0675 e. The van der Waals surface area contributed by atoms with E-state index in [-0.39, 0.29) is 12.0 Å². The van der Waals surface area contributed by atoms with Crippen LogP contribution in [0.4, 0.5) is 0 Å². The average Bonchev–Trinajstić information content (AvgIpc) is 2.49. The first-order chi connectivity index (χ1) is 5.81. The maximum absolute atomic E-state index is 8.80. The summed E-state index contributed by atoms with van der Waals surface area (Å²) in [4.78, 5) is 1.37. The maximum Gasteiger partial charge on any atom is 0.0675 e. The van der Waals surface area contributed by atoms with Crippen molar-refractivity contribution in [2.24, 2.45) is 11.7 Å². The summed E-state index contributed by atoms with van der Waals surface area (Å²) in [6.07, 6.45) is 1.72. The van der Waals surface area contributed by atoms with E-state index in [1.165, 1.54) is 10.4 Å². The highest BCUT2D eigenvalue weighted by atomic mass is 32.1. The molecule has 0 amide bonds. The molecular weight excluding hydrogens is 168 g/mol. The number of nitrogens with zero attached hydrogens (tertiary/aromatic N) is 1. The van der Waals surface area contributed by atoms with Gasteiger partial charge < -0.3 is 5.73 Å². The molecule has 0 saturated heterocycles. The Hall–Kier alpha value is -0.850. The number of hydrogen-bond donors (Lipinski definition) is 1. The van der Waals surface area contributed by atoms with E-state index in [9.17, 15) is 0 Å². The van der Waals surface area contributed by atoms with E-state index in [2.05, 4.69) is 17.5 Å². The van der Waals surface area contributed by atoms with Gasteiger partial charge in [-0.3, -0.25) is 0 Å². The molecule has 0 aromatic carbocycles. The molecule has 3 heteroatoms. The summed E-state index contributed by atoms with van der Waals surface area (Å²) in [7, 11) is 0. The summed E-state index contributed by atoms with van der Waals surface area (Å²) >= 11 is 1.75. The van der Waals surface area contributed by atoms with Crippen LogP contribution in [-0.4, -0.2) is 6.04 Å². The van der Waals surface area contributed by atoms with Crippen molar-refractivity contribution >= 4 is 11.3 Å². The Labute approximate surface area is 75.6 Å². The van der Waals surface area contributed by atoms with Crippen LogP contribution in [-0.2, 0) is 12.8 Å². The molecule has 0 fully saturated rings. The highest BCUT2D eigenvalue weighted by Gasteiger charge is 2.25. The molecule has 2 N–H and O–H groups in total. The van der Waals surface area contributed by atoms with Gasteiger partial charge in [0.25, 0.3) is 0 Å². The Morgan fingerprint density at radius 3 is 3.17 bits per heavy atom. The molecule has 1 aliphatic carbocycles. The Morgan fingerprint density at radius 2 is 2.42 bits per heavy atom. The topological polar surface area (TPSA) is 49.8 Å². The molecule has 0 radical (unpaired) electrons. The van der Waals surface area contributed by atoms with Crippen molar-refractivity contribution in [2.75, 3.05) is 0 Å². The molecule has 62 valence electrons. The molecule has 2 rings (SSSR count). The van der Waals surface area contributed by atoms with Crippen molar-refractivity contribution in [3.8, 4) is 6.07 Å². The van der Waals surface area contributed by atoms with E-state index in [0.717, 1.165) is 12.8 Å². The molecule has 1 aromatic heterocycles. The highest BCUT2D eigenvalue weighted by Crippen LogP contribution is 2.28. The molecule has 0 spiro atoms. The Bertz CT molecular complexity index is 324. The molecule has 1 aromatic rings. The van der Waals surface area contributed by atoms with Crippen molar-refractivity contribution < 1.29 is 0 Å². The molecular formula is C9H10N2S. The number of hydrogen-bond acceptors (Lipinski definition) is 3. The normalized spacial score (nSPS) is 27.7. The van der Waals surface area contributed by atoms with Crippen molar-refractivity contribution in [1.29, 1.82) is 5.26 Å². The van der Waals surface area contributed by atoms with Crippen LogP contribution in [0.3, 0.4) is 0 Å². The third kappa shape index (κ3) is 1.13. The summed E-state index contributed by atoms with van der Waals surface area (Å²) < 4.78 is 0. The van der Waals surface area contributed by atoms with E-state index in [1.54, 1.807) is 11.3 Å². The molecule has 1 heterocycles. The lowest BCUT2D eigenvalue weighted by Crippen LogP contribution is -2.35. The van der Waals surface area contributed by atoms with E-state index in [0.29, 0.717) is 0 Å². The van der Waals surface area contributed by atoms with E-state index in [1.807, 2.05) is 0 Å². The zero-order chi connectivity index (χ0) is 8.55. The summed E-state index contributed by atoms with van der Waals surface area (Å²) in [5.74, 6) is 0.0205. The molecule has 2 nitrogen and oxygen atoms in total. The largest absolute Gasteiger partial charge is 0.326 e. The van der Waals surface area contributed by atoms with Gasteiger partial charge in [0.1, 0.15) is 0 Å². The van der Waals surface area contributed by atoms with Gasteiger partial charge in [-0.15, -0.1) is 11.3 Å². The van der Waals surface area contributed by atoms with Gasteiger partial charge in [-0.2, -0.15) is 5.26 Å². The van der Waals surface area contributed by atoms with Crippen LogP contribution >= 0.6 is 11.3 Å². The van der Waals surface area contributed by atoms with E-state index in [4.69, 9.17) is 11.0 Å². The summed E-state index contributed by atoms with van der Waals surface area (Å²) in [6.45, 7) is 0. The number of nitriles is 1. The molecule has 0 bridgehead atoms. The number of nitrogens with two attached hydrogens (primary N) is 1. The Morgan fingerprint density at radius 1 is 1.58 bits per heavy atom. The number of rotatable bonds is 0. The minimum absolute atomic E-state index is 0.0205. The molecule has 0 aliphatic heterocycles.